The topological polar surface area (TPSA) is 20.2 Å². The molecule has 0 aliphatic heterocycles. The minimum absolute atomic E-state index is 0. The number of hydrogen-bond acceptors (Lipinski definition) is 2. The van der Waals surface area contributed by atoms with Gasteiger partial charge in [-0.05, 0) is 6.92 Å². The third-order valence-electron chi connectivity index (χ3n) is 0. The van der Waals surface area contributed by atoms with Crippen molar-refractivity contribution in [1.29, 1.82) is 0 Å². The van der Waals surface area contributed by atoms with E-state index in [-0.39, 0.29) is 29.6 Å². The van der Waals surface area contributed by atoms with Crippen molar-refractivity contribution in [1.82, 2.24) is 0 Å². The molecule has 0 aromatic heterocycles. The van der Waals surface area contributed by atoms with Crippen LogP contribution in [0.25, 0.3) is 0 Å². The summed E-state index contributed by atoms with van der Waals surface area (Å²) < 4.78 is 0. The monoisotopic (exact) mass is 101 g/mol. The van der Waals surface area contributed by atoms with E-state index < -0.39 is 5.44 Å². The van der Waals surface area contributed by atoms with Crippen LogP contribution in [0.2, 0.25) is 0 Å². The van der Waals surface area contributed by atoms with Crippen molar-refractivity contribution < 1.29 is 34.7 Å². The number of aliphatic hydroxyl groups excluding tert-OH is 1. The summed E-state index contributed by atoms with van der Waals surface area (Å²) in [6.07, 6.45) is 0. The van der Waals surface area contributed by atoms with Crippen molar-refractivity contribution in [3.05, 3.63) is 0 Å². The van der Waals surface area contributed by atoms with E-state index in [1.807, 2.05) is 0 Å². The summed E-state index contributed by atoms with van der Waals surface area (Å²) in [6, 6.07) is 0. The number of thiol groups is 1. The molecule has 1 nitrogen and oxygen atoms in total. The van der Waals surface area contributed by atoms with Gasteiger partial charge in [-0.15, -0.1) is 12.6 Å². The molecule has 0 saturated heterocycles. The molecule has 0 aromatic rings. The van der Waals surface area contributed by atoms with E-state index in [1.165, 1.54) is 0 Å². The van der Waals surface area contributed by atoms with Gasteiger partial charge in [-0.2, -0.15) is 0 Å². The molecule has 5 heavy (non-hydrogen) atoms. The van der Waals surface area contributed by atoms with Gasteiger partial charge in [-0.25, -0.2) is 0 Å². The zero-order chi connectivity index (χ0) is 3.58. The van der Waals surface area contributed by atoms with Gasteiger partial charge >= 0.3 is 29.6 Å². The number of rotatable bonds is 0. The summed E-state index contributed by atoms with van der Waals surface area (Å²) in [5.74, 6) is 0. The largest absolute Gasteiger partial charge is 1.00 e. The zero-order valence-electron chi connectivity index (χ0n) is 3.47. The molecule has 0 heterocycles. The van der Waals surface area contributed by atoms with Crippen LogP contribution >= 0.6 is 12.6 Å². The van der Waals surface area contributed by atoms with Crippen LogP contribution in [0.15, 0.2) is 0 Å². The summed E-state index contributed by atoms with van der Waals surface area (Å²) in [7, 11) is 0. The molecule has 0 rings (SSSR count). The van der Waals surface area contributed by atoms with Crippen LogP contribution in [0.5, 0.6) is 0 Å². The maximum absolute atomic E-state index is 7.92. The van der Waals surface area contributed by atoms with Crippen LogP contribution in [0, 0.1) is 0 Å². The van der Waals surface area contributed by atoms with Gasteiger partial charge in [0.1, 0.15) is 0 Å². The Morgan fingerprint density at radius 2 is 1.80 bits per heavy atom. The third-order valence-corrected chi connectivity index (χ3v) is 0. The molecule has 0 aliphatic rings. The molecule has 1 unspecified atom stereocenters. The molecule has 0 aliphatic carbocycles. The van der Waals surface area contributed by atoms with Gasteiger partial charge in [0.15, 0.2) is 0 Å². The van der Waals surface area contributed by atoms with Crippen LogP contribution in [0.3, 0.4) is 0 Å². The predicted octanol–water partition coefficient (Wildman–Crippen LogP) is -2.74. The fourth-order valence-corrected chi connectivity index (χ4v) is 0. The smallest absolute Gasteiger partial charge is 0.383 e. The second-order valence-electron chi connectivity index (χ2n) is 0.632. The molecular formula is C2H6NaOS+. The second-order valence-corrected chi connectivity index (χ2v) is 1.38. The minimum atomic E-state index is -0.472. The molecule has 0 radical (unpaired) electrons. The van der Waals surface area contributed by atoms with Crippen molar-refractivity contribution in [3.63, 3.8) is 0 Å². The SMILES string of the molecule is CC(O)S.[Na+]. The average molecular weight is 101 g/mol. The van der Waals surface area contributed by atoms with Crippen LogP contribution in [0.1, 0.15) is 6.92 Å². The van der Waals surface area contributed by atoms with Gasteiger partial charge in [0.05, 0.1) is 5.44 Å². The van der Waals surface area contributed by atoms with Crippen LogP contribution in [-0.2, 0) is 0 Å². The fraction of sp³-hybridized carbons (Fsp3) is 1.00. The quantitative estimate of drug-likeness (QED) is 0.193. The Labute approximate surface area is 59.5 Å². The predicted molar refractivity (Wildman–Crippen MR) is 20.7 cm³/mol. The van der Waals surface area contributed by atoms with E-state index in [0.29, 0.717) is 0 Å². The molecule has 0 fully saturated rings. The normalized spacial score (nSPS) is 12.6. The van der Waals surface area contributed by atoms with E-state index in [2.05, 4.69) is 12.6 Å². The molecule has 0 saturated carbocycles. The van der Waals surface area contributed by atoms with Crippen molar-refractivity contribution >= 4 is 12.6 Å². The first-order valence-electron chi connectivity index (χ1n) is 1.09. The molecule has 0 bridgehead atoms. The van der Waals surface area contributed by atoms with Gasteiger partial charge < -0.3 is 5.11 Å². The Kier molecular flexibility index (Phi) is 10.2. The Morgan fingerprint density at radius 3 is 1.80 bits per heavy atom. The van der Waals surface area contributed by atoms with Gasteiger partial charge in [0, 0.05) is 0 Å². The Hall–Kier alpha value is 1.31. The number of hydrogen-bond donors (Lipinski definition) is 2. The van der Waals surface area contributed by atoms with Crippen molar-refractivity contribution in [3.8, 4) is 0 Å². The first-order valence-corrected chi connectivity index (χ1v) is 1.61. The molecule has 1 N–H and O–H groups in total. The van der Waals surface area contributed by atoms with Gasteiger partial charge in [0.25, 0.3) is 0 Å². The van der Waals surface area contributed by atoms with E-state index in [1.54, 1.807) is 6.92 Å². The maximum Gasteiger partial charge on any atom is 1.00 e. The van der Waals surface area contributed by atoms with E-state index in [9.17, 15) is 0 Å². The second kappa shape index (κ2) is 5.31. The third kappa shape index (κ3) is 33.9. The summed E-state index contributed by atoms with van der Waals surface area (Å²) in [6.45, 7) is 1.59. The van der Waals surface area contributed by atoms with E-state index in [0.717, 1.165) is 0 Å². The van der Waals surface area contributed by atoms with Crippen LogP contribution < -0.4 is 29.6 Å². The molecule has 3 heteroatoms. The summed E-state index contributed by atoms with van der Waals surface area (Å²) in [4.78, 5) is 0. The minimum Gasteiger partial charge on any atom is -0.383 e. The first kappa shape index (κ1) is 9.58. The van der Waals surface area contributed by atoms with Gasteiger partial charge in [-0.1, -0.05) is 0 Å². The Balaban J connectivity index is 0. The average Bonchev–Trinajstić information content (AvgIpc) is 0.811. The Bertz CT molecular complexity index is 14.4. The summed E-state index contributed by atoms with van der Waals surface area (Å²) >= 11 is 3.52. The first-order chi connectivity index (χ1) is 1.73. The molecular weight excluding hydrogens is 95.1 g/mol. The zero-order valence-corrected chi connectivity index (χ0v) is 6.37. The van der Waals surface area contributed by atoms with Crippen LogP contribution in [0.4, 0.5) is 0 Å². The molecule has 0 spiro atoms. The molecule has 0 amide bonds. The van der Waals surface area contributed by atoms with E-state index >= 15 is 0 Å². The van der Waals surface area contributed by atoms with Crippen molar-refractivity contribution in [2.24, 2.45) is 0 Å². The van der Waals surface area contributed by atoms with Crippen molar-refractivity contribution in [2.75, 3.05) is 0 Å². The Morgan fingerprint density at radius 1 is 1.80 bits per heavy atom. The van der Waals surface area contributed by atoms with E-state index in [4.69, 9.17) is 5.11 Å². The molecule has 26 valence electrons. The van der Waals surface area contributed by atoms with Gasteiger partial charge in [-0.3, -0.25) is 0 Å². The maximum atomic E-state index is 7.92. The summed E-state index contributed by atoms with van der Waals surface area (Å²) in [5, 5.41) is 7.92. The standard InChI is InChI=1S/C2H6OS.Na/c1-2(3)4;/h2-4H,1H3;/q;+1. The molecule has 1 atom stereocenters. The van der Waals surface area contributed by atoms with Gasteiger partial charge in [0.2, 0.25) is 0 Å². The summed E-state index contributed by atoms with van der Waals surface area (Å²) in [5.41, 5.74) is -0.472. The number of aliphatic hydroxyl groups is 1. The van der Waals surface area contributed by atoms with Crippen LogP contribution in [-0.4, -0.2) is 10.5 Å². The molecule has 0 aromatic carbocycles. The fourth-order valence-electron chi connectivity index (χ4n) is 0. The van der Waals surface area contributed by atoms with Crippen molar-refractivity contribution in [2.45, 2.75) is 12.4 Å².